The Kier molecular flexibility index (Phi) is 7.04. The maximum Gasteiger partial charge on any atom is 0.348 e. The number of morpholine rings is 1. The number of ether oxygens (including phenoxy) is 2. The second kappa shape index (κ2) is 10.1. The maximum atomic E-state index is 13.1. The molecule has 166 valence electrons. The smallest absolute Gasteiger partial charge is 0.348 e. The molecule has 0 bridgehead atoms. The van der Waals surface area contributed by atoms with Crippen LogP contribution in [0, 0.1) is 5.82 Å². The zero-order chi connectivity index (χ0) is 22.5. The minimum absolute atomic E-state index is 0.0607. The zero-order valence-corrected chi connectivity index (χ0v) is 18.5. The second-order valence-corrected chi connectivity index (χ2v) is 8.48. The van der Waals surface area contributed by atoms with Crippen molar-refractivity contribution >= 4 is 45.5 Å². The van der Waals surface area contributed by atoms with Crippen molar-refractivity contribution in [2.24, 2.45) is 0 Å². The SMILES string of the molecule is O=C(COC(=O)c1cc(-c2ccccc2)c(N2CCOCC2)s1)Nc1ccc(F)cc1Cl. The summed E-state index contributed by atoms with van der Waals surface area (Å²) in [5, 5.41) is 3.53. The van der Waals surface area contributed by atoms with Crippen molar-refractivity contribution < 1.29 is 23.5 Å². The molecule has 0 radical (unpaired) electrons. The number of benzene rings is 2. The lowest BCUT2D eigenvalue weighted by molar-refractivity contribution is -0.119. The highest BCUT2D eigenvalue weighted by molar-refractivity contribution is 7.18. The first kappa shape index (κ1) is 22.3. The van der Waals surface area contributed by atoms with E-state index in [0.717, 1.165) is 35.3 Å². The van der Waals surface area contributed by atoms with Crippen LogP contribution in [0.25, 0.3) is 11.1 Å². The highest BCUT2D eigenvalue weighted by atomic mass is 35.5. The lowest BCUT2D eigenvalue weighted by Crippen LogP contribution is -2.35. The molecule has 1 fully saturated rings. The van der Waals surface area contributed by atoms with E-state index in [1.165, 1.54) is 23.5 Å². The van der Waals surface area contributed by atoms with Crippen LogP contribution in [0.3, 0.4) is 0 Å². The van der Waals surface area contributed by atoms with Crippen molar-refractivity contribution in [2.75, 3.05) is 43.1 Å². The Labute approximate surface area is 193 Å². The monoisotopic (exact) mass is 474 g/mol. The van der Waals surface area contributed by atoms with Gasteiger partial charge in [0.15, 0.2) is 6.61 Å². The fraction of sp³-hybridized carbons (Fsp3) is 0.217. The van der Waals surface area contributed by atoms with E-state index in [0.29, 0.717) is 18.1 Å². The quantitative estimate of drug-likeness (QED) is 0.518. The highest BCUT2D eigenvalue weighted by Crippen LogP contribution is 2.39. The van der Waals surface area contributed by atoms with Crippen molar-refractivity contribution in [1.29, 1.82) is 0 Å². The van der Waals surface area contributed by atoms with Gasteiger partial charge in [0.05, 0.1) is 28.9 Å². The van der Waals surface area contributed by atoms with E-state index >= 15 is 0 Å². The molecule has 0 unspecified atom stereocenters. The third-order valence-corrected chi connectivity index (χ3v) is 6.32. The number of rotatable bonds is 6. The predicted octanol–water partition coefficient (Wildman–Crippen LogP) is 4.84. The Bertz CT molecular complexity index is 1120. The first-order chi connectivity index (χ1) is 15.5. The van der Waals surface area contributed by atoms with Crippen LogP contribution < -0.4 is 10.2 Å². The predicted molar refractivity (Wildman–Crippen MR) is 123 cm³/mol. The molecular formula is C23H20ClFN2O4S. The van der Waals surface area contributed by atoms with Gasteiger partial charge in [0.1, 0.15) is 10.7 Å². The molecule has 0 aliphatic carbocycles. The number of esters is 1. The van der Waals surface area contributed by atoms with Crippen molar-refractivity contribution in [3.8, 4) is 11.1 Å². The molecule has 0 atom stereocenters. The Morgan fingerprint density at radius 1 is 1.12 bits per heavy atom. The van der Waals surface area contributed by atoms with Gasteiger partial charge >= 0.3 is 5.97 Å². The lowest BCUT2D eigenvalue weighted by atomic mass is 10.1. The third kappa shape index (κ3) is 5.27. The molecule has 32 heavy (non-hydrogen) atoms. The molecule has 1 aromatic heterocycles. The van der Waals surface area contributed by atoms with Gasteiger partial charge in [-0.3, -0.25) is 4.79 Å². The molecule has 1 amide bonds. The van der Waals surface area contributed by atoms with Gasteiger partial charge in [-0.05, 0) is 29.8 Å². The van der Waals surface area contributed by atoms with Gasteiger partial charge in [-0.15, -0.1) is 11.3 Å². The maximum absolute atomic E-state index is 13.1. The summed E-state index contributed by atoms with van der Waals surface area (Å²) in [4.78, 5) is 27.4. The number of hydrogen-bond acceptors (Lipinski definition) is 6. The van der Waals surface area contributed by atoms with Crippen molar-refractivity contribution in [3.63, 3.8) is 0 Å². The number of carbonyl (C=O) groups excluding carboxylic acids is 2. The van der Waals surface area contributed by atoms with E-state index in [-0.39, 0.29) is 10.7 Å². The molecule has 3 aromatic rings. The van der Waals surface area contributed by atoms with Crippen molar-refractivity contribution in [1.82, 2.24) is 0 Å². The molecule has 0 spiro atoms. The summed E-state index contributed by atoms with van der Waals surface area (Å²) in [6, 6.07) is 15.2. The normalized spacial score (nSPS) is 13.6. The van der Waals surface area contributed by atoms with Gasteiger partial charge in [-0.2, -0.15) is 0 Å². The summed E-state index contributed by atoms with van der Waals surface area (Å²) in [5.74, 6) is -1.67. The zero-order valence-electron chi connectivity index (χ0n) is 17.0. The molecule has 4 rings (SSSR count). The van der Waals surface area contributed by atoms with Gasteiger partial charge in [0.2, 0.25) is 0 Å². The molecule has 9 heteroatoms. The minimum Gasteiger partial charge on any atom is -0.451 e. The van der Waals surface area contributed by atoms with E-state index in [9.17, 15) is 14.0 Å². The summed E-state index contributed by atoms with van der Waals surface area (Å²) >= 11 is 7.24. The van der Waals surface area contributed by atoms with Crippen LogP contribution >= 0.6 is 22.9 Å². The third-order valence-electron chi connectivity index (χ3n) is 4.84. The first-order valence-corrected chi connectivity index (χ1v) is 11.1. The van der Waals surface area contributed by atoms with Crippen LogP contribution in [0.2, 0.25) is 5.02 Å². The average molecular weight is 475 g/mol. The second-order valence-electron chi connectivity index (χ2n) is 7.04. The van der Waals surface area contributed by atoms with Crippen LogP contribution in [0.4, 0.5) is 15.1 Å². The average Bonchev–Trinajstić information content (AvgIpc) is 3.26. The van der Waals surface area contributed by atoms with Gasteiger partial charge < -0.3 is 19.7 Å². The molecule has 2 aromatic carbocycles. The highest BCUT2D eigenvalue weighted by Gasteiger charge is 2.23. The number of anilines is 2. The lowest BCUT2D eigenvalue weighted by Gasteiger charge is -2.28. The minimum atomic E-state index is -0.591. The topological polar surface area (TPSA) is 67.9 Å². The number of nitrogens with one attached hydrogen (secondary N) is 1. The number of thiophene rings is 1. The summed E-state index contributed by atoms with van der Waals surface area (Å²) in [6.45, 7) is 2.22. The Morgan fingerprint density at radius 2 is 1.88 bits per heavy atom. The largest absolute Gasteiger partial charge is 0.451 e. The van der Waals surface area contributed by atoms with Crippen LogP contribution in [0.15, 0.2) is 54.6 Å². The molecule has 0 saturated carbocycles. The molecule has 1 saturated heterocycles. The molecule has 6 nitrogen and oxygen atoms in total. The van der Waals surface area contributed by atoms with Crippen LogP contribution in [0.1, 0.15) is 9.67 Å². The fourth-order valence-corrected chi connectivity index (χ4v) is 4.63. The molecule has 2 heterocycles. The van der Waals surface area contributed by atoms with Crippen molar-refractivity contribution in [3.05, 3.63) is 70.3 Å². The number of halogens is 2. The van der Waals surface area contributed by atoms with E-state index in [2.05, 4.69) is 10.2 Å². The summed E-state index contributed by atoms with van der Waals surface area (Å²) < 4.78 is 23.8. The fourth-order valence-electron chi connectivity index (χ4n) is 3.29. The number of nitrogens with zero attached hydrogens (tertiary/aromatic N) is 1. The van der Waals surface area contributed by atoms with E-state index in [1.54, 1.807) is 6.07 Å². The Hall–Kier alpha value is -2.94. The van der Waals surface area contributed by atoms with Gasteiger partial charge in [0.25, 0.3) is 5.91 Å². The van der Waals surface area contributed by atoms with Gasteiger partial charge in [-0.25, -0.2) is 9.18 Å². The van der Waals surface area contributed by atoms with Crippen LogP contribution in [-0.2, 0) is 14.3 Å². The van der Waals surface area contributed by atoms with Gasteiger partial charge in [-0.1, -0.05) is 41.9 Å². The molecular weight excluding hydrogens is 455 g/mol. The molecule has 1 aliphatic heterocycles. The molecule has 1 aliphatic rings. The summed E-state index contributed by atoms with van der Waals surface area (Å²) in [6.07, 6.45) is 0. The van der Waals surface area contributed by atoms with E-state index < -0.39 is 24.3 Å². The summed E-state index contributed by atoms with van der Waals surface area (Å²) in [5.41, 5.74) is 2.17. The Balaban J connectivity index is 1.47. The number of amides is 1. The first-order valence-electron chi connectivity index (χ1n) is 9.95. The standard InChI is InChI=1S/C23H20ClFN2O4S/c24-18-12-16(25)6-7-19(18)26-21(28)14-31-23(29)20-13-17(15-4-2-1-3-5-15)22(32-20)27-8-10-30-11-9-27/h1-7,12-13H,8-11,14H2,(H,26,28). The number of hydrogen-bond donors (Lipinski definition) is 1. The van der Waals surface area contributed by atoms with Crippen LogP contribution in [0.5, 0.6) is 0 Å². The van der Waals surface area contributed by atoms with Crippen molar-refractivity contribution in [2.45, 2.75) is 0 Å². The van der Waals surface area contributed by atoms with Gasteiger partial charge in [0, 0.05) is 18.7 Å². The van der Waals surface area contributed by atoms with Crippen LogP contribution in [-0.4, -0.2) is 44.8 Å². The van der Waals surface area contributed by atoms with E-state index in [1.807, 2.05) is 30.3 Å². The van der Waals surface area contributed by atoms with E-state index in [4.69, 9.17) is 21.1 Å². The summed E-state index contributed by atoms with van der Waals surface area (Å²) in [7, 11) is 0. The Morgan fingerprint density at radius 3 is 2.59 bits per heavy atom. The molecule has 1 N–H and O–H groups in total. The number of carbonyl (C=O) groups is 2.